The molecule has 0 aliphatic carbocycles. The van der Waals surface area contributed by atoms with Gasteiger partial charge in [0.1, 0.15) is 6.04 Å². The average molecular weight is 265 g/mol. The second-order valence-corrected chi connectivity index (χ2v) is 5.87. The van der Waals surface area contributed by atoms with Crippen molar-refractivity contribution in [3.05, 3.63) is 29.8 Å². The second kappa shape index (κ2) is 5.76. The summed E-state index contributed by atoms with van der Waals surface area (Å²) in [6, 6.07) is 8.34. The van der Waals surface area contributed by atoms with Crippen molar-refractivity contribution in [1.82, 2.24) is 5.32 Å². The van der Waals surface area contributed by atoms with Crippen LogP contribution >= 0.6 is 11.8 Å². The number of fused-ring (bicyclic) bond motifs is 1. The molecule has 1 N–H and O–H groups in total. The van der Waals surface area contributed by atoms with E-state index < -0.39 is 0 Å². The van der Waals surface area contributed by atoms with Crippen molar-refractivity contribution in [3.8, 4) is 0 Å². The van der Waals surface area contributed by atoms with Gasteiger partial charge in [0, 0.05) is 16.7 Å². The number of carbonyl (C=O) groups is 1. The van der Waals surface area contributed by atoms with Crippen molar-refractivity contribution < 1.29 is 9.53 Å². The zero-order valence-corrected chi connectivity index (χ0v) is 11.8. The Bertz CT molecular complexity index is 434. The predicted molar refractivity (Wildman–Crippen MR) is 73.7 cm³/mol. The van der Waals surface area contributed by atoms with Crippen LogP contribution in [0.2, 0.25) is 0 Å². The van der Waals surface area contributed by atoms with Crippen molar-refractivity contribution in [2.75, 3.05) is 12.9 Å². The fraction of sp³-hybridized carbons (Fsp3) is 0.500. The molecular weight excluding hydrogens is 246 g/mol. The van der Waals surface area contributed by atoms with Crippen LogP contribution in [0, 0.1) is 5.92 Å². The van der Waals surface area contributed by atoms with Crippen LogP contribution in [0.4, 0.5) is 0 Å². The Kier molecular flexibility index (Phi) is 4.30. The summed E-state index contributed by atoms with van der Waals surface area (Å²) in [5.41, 5.74) is 1.29. The minimum absolute atomic E-state index is 0.181. The van der Waals surface area contributed by atoms with Crippen molar-refractivity contribution >= 4 is 17.7 Å². The second-order valence-electron chi connectivity index (χ2n) is 4.81. The highest BCUT2D eigenvalue weighted by atomic mass is 32.2. The maximum Gasteiger partial charge on any atom is 0.323 e. The summed E-state index contributed by atoms with van der Waals surface area (Å²) in [6.07, 6.45) is 0. The summed E-state index contributed by atoms with van der Waals surface area (Å²) in [5, 5.41) is 3.43. The summed E-state index contributed by atoms with van der Waals surface area (Å²) in [7, 11) is 1.44. The number of ether oxygens (including phenoxy) is 1. The molecule has 18 heavy (non-hydrogen) atoms. The Labute approximate surface area is 112 Å². The first-order valence-electron chi connectivity index (χ1n) is 6.19. The highest BCUT2D eigenvalue weighted by Crippen LogP contribution is 2.38. The van der Waals surface area contributed by atoms with Gasteiger partial charge in [-0.2, -0.15) is 0 Å². The standard InChI is InChI=1S/C14H19NO2S/c1-9(2)13(14(16)17-3)15-11-8-18-12-7-5-4-6-10(11)12/h4-7,9,11,13,15H,8H2,1-3H3/t11?,13-/m0/s1. The van der Waals surface area contributed by atoms with E-state index in [1.165, 1.54) is 17.6 Å². The Morgan fingerprint density at radius 1 is 1.44 bits per heavy atom. The molecule has 1 aromatic rings. The molecule has 2 rings (SSSR count). The van der Waals surface area contributed by atoms with E-state index in [1.54, 1.807) is 0 Å². The summed E-state index contributed by atoms with van der Waals surface area (Å²) in [6.45, 7) is 4.06. The van der Waals surface area contributed by atoms with Crippen LogP contribution in [0.5, 0.6) is 0 Å². The quantitative estimate of drug-likeness (QED) is 0.849. The number of nitrogens with one attached hydrogen (secondary N) is 1. The SMILES string of the molecule is COC(=O)[C@@H](NC1CSc2ccccc21)C(C)C. The number of benzene rings is 1. The molecule has 1 aliphatic heterocycles. The fourth-order valence-corrected chi connectivity index (χ4v) is 3.35. The van der Waals surface area contributed by atoms with Crippen molar-refractivity contribution in [3.63, 3.8) is 0 Å². The molecule has 0 saturated carbocycles. The third-order valence-corrected chi connectivity index (χ3v) is 4.39. The highest BCUT2D eigenvalue weighted by molar-refractivity contribution is 7.99. The van der Waals surface area contributed by atoms with Gasteiger partial charge in [0.25, 0.3) is 0 Å². The maximum atomic E-state index is 11.8. The van der Waals surface area contributed by atoms with Crippen LogP contribution in [0.25, 0.3) is 0 Å². The van der Waals surface area contributed by atoms with E-state index in [-0.39, 0.29) is 24.0 Å². The number of carbonyl (C=O) groups excluding carboxylic acids is 1. The van der Waals surface area contributed by atoms with Gasteiger partial charge in [-0.05, 0) is 17.5 Å². The summed E-state index contributed by atoms with van der Waals surface area (Å²) in [5.74, 6) is 1.01. The molecule has 98 valence electrons. The Balaban J connectivity index is 2.12. The molecule has 0 radical (unpaired) electrons. The summed E-state index contributed by atoms with van der Waals surface area (Å²) < 4.78 is 4.86. The summed E-state index contributed by atoms with van der Waals surface area (Å²) in [4.78, 5) is 13.1. The lowest BCUT2D eigenvalue weighted by Crippen LogP contribution is -2.43. The Morgan fingerprint density at radius 2 is 2.17 bits per heavy atom. The lowest BCUT2D eigenvalue weighted by Gasteiger charge is -2.24. The first-order valence-corrected chi connectivity index (χ1v) is 7.17. The molecule has 0 fully saturated rings. The lowest BCUT2D eigenvalue weighted by molar-refractivity contribution is -0.144. The number of hydrogen-bond donors (Lipinski definition) is 1. The van der Waals surface area contributed by atoms with E-state index in [4.69, 9.17) is 4.74 Å². The van der Waals surface area contributed by atoms with E-state index in [1.807, 2.05) is 31.7 Å². The summed E-state index contributed by atoms with van der Waals surface area (Å²) >= 11 is 1.83. The van der Waals surface area contributed by atoms with Gasteiger partial charge in [0.2, 0.25) is 0 Å². The molecule has 1 aromatic carbocycles. The Morgan fingerprint density at radius 3 is 2.83 bits per heavy atom. The third-order valence-electron chi connectivity index (χ3n) is 3.20. The minimum Gasteiger partial charge on any atom is -0.468 e. The number of methoxy groups -OCH3 is 1. The van der Waals surface area contributed by atoms with E-state index in [9.17, 15) is 4.79 Å². The van der Waals surface area contributed by atoms with Crippen LogP contribution in [-0.4, -0.2) is 24.9 Å². The van der Waals surface area contributed by atoms with E-state index in [0.29, 0.717) is 0 Å². The van der Waals surface area contributed by atoms with Gasteiger partial charge in [-0.25, -0.2) is 0 Å². The van der Waals surface area contributed by atoms with Gasteiger partial charge in [0.05, 0.1) is 7.11 Å². The molecule has 0 spiro atoms. The first kappa shape index (κ1) is 13.4. The number of esters is 1. The number of hydrogen-bond acceptors (Lipinski definition) is 4. The first-order chi connectivity index (χ1) is 8.63. The van der Waals surface area contributed by atoms with Crippen molar-refractivity contribution in [2.24, 2.45) is 5.92 Å². The predicted octanol–water partition coefficient (Wildman–Crippen LogP) is 2.62. The minimum atomic E-state index is -0.244. The van der Waals surface area contributed by atoms with Crippen LogP contribution in [0.1, 0.15) is 25.5 Å². The molecule has 2 atom stereocenters. The van der Waals surface area contributed by atoms with Crippen LogP contribution in [0.15, 0.2) is 29.2 Å². The van der Waals surface area contributed by atoms with E-state index >= 15 is 0 Å². The smallest absolute Gasteiger partial charge is 0.323 e. The topological polar surface area (TPSA) is 38.3 Å². The van der Waals surface area contributed by atoms with Crippen LogP contribution in [0.3, 0.4) is 0 Å². The highest BCUT2D eigenvalue weighted by Gasteiger charge is 2.30. The van der Waals surface area contributed by atoms with Gasteiger partial charge in [-0.15, -0.1) is 11.8 Å². The average Bonchev–Trinajstić information content (AvgIpc) is 2.78. The van der Waals surface area contributed by atoms with Crippen molar-refractivity contribution in [1.29, 1.82) is 0 Å². The molecule has 0 aromatic heterocycles. The molecule has 4 heteroatoms. The molecular formula is C14H19NO2S. The molecule has 0 amide bonds. The van der Waals surface area contributed by atoms with E-state index in [2.05, 4.69) is 23.5 Å². The maximum absolute atomic E-state index is 11.8. The molecule has 0 saturated heterocycles. The molecule has 1 unspecified atom stereocenters. The van der Waals surface area contributed by atoms with E-state index in [0.717, 1.165) is 5.75 Å². The van der Waals surface area contributed by atoms with Gasteiger partial charge >= 0.3 is 5.97 Å². The van der Waals surface area contributed by atoms with Gasteiger partial charge in [0.15, 0.2) is 0 Å². The third kappa shape index (κ3) is 2.70. The van der Waals surface area contributed by atoms with Crippen molar-refractivity contribution in [2.45, 2.75) is 30.8 Å². The largest absolute Gasteiger partial charge is 0.468 e. The fourth-order valence-electron chi connectivity index (χ4n) is 2.18. The number of thioether (sulfide) groups is 1. The molecule has 1 aliphatic rings. The molecule has 3 nitrogen and oxygen atoms in total. The van der Waals surface area contributed by atoms with Crippen LogP contribution in [-0.2, 0) is 9.53 Å². The normalized spacial score (nSPS) is 19.7. The lowest BCUT2D eigenvalue weighted by atomic mass is 10.0. The monoisotopic (exact) mass is 265 g/mol. The van der Waals surface area contributed by atoms with Gasteiger partial charge in [-0.1, -0.05) is 32.0 Å². The van der Waals surface area contributed by atoms with Gasteiger partial charge in [-0.3, -0.25) is 10.1 Å². The van der Waals surface area contributed by atoms with Gasteiger partial charge < -0.3 is 4.74 Å². The zero-order valence-electron chi connectivity index (χ0n) is 11.0. The molecule has 0 bridgehead atoms. The zero-order chi connectivity index (χ0) is 13.1. The molecule has 1 heterocycles. The number of rotatable bonds is 4. The Hall–Kier alpha value is -1.00. The van der Waals surface area contributed by atoms with Crippen LogP contribution < -0.4 is 5.32 Å².